The Balaban J connectivity index is 2.54. The zero-order valence-electron chi connectivity index (χ0n) is 9.87. The summed E-state index contributed by atoms with van der Waals surface area (Å²) in [6, 6.07) is 8.16. The van der Waals surface area contributed by atoms with E-state index >= 15 is 0 Å². The van der Waals surface area contributed by atoms with E-state index in [0.717, 1.165) is 0 Å². The first-order valence-electron chi connectivity index (χ1n) is 5.50. The van der Waals surface area contributed by atoms with Gasteiger partial charge in [0.05, 0.1) is 17.9 Å². The molecule has 0 unspecified atom stereocenters. The lowest BCUT2D eigenvalue weighted by Crippen LogP contribution is -2.02. The van der Waals surface area contributed by atoms with Gasteiger partial charge in [-0.15, -0.1) is 0 Å². The minimum Gasteiger partial charge on any atom is -0.495 e. The maximum atomic E-state index is 12.3. The van der Waals surface area contributed by atoms with Crippen LogP contribution >= 0.6 is 23.2 Å². The molecule has 5 heteroatoms. The fourth-order valence-corrected chi connectivity index (χ4v) is 2.44. The van der Waals surface area contributed by atoms with Crippen LogP contribution in [0.5, 0.6) is 5.75 Å². The largest absolute Gasteiger partial charge is 0.495 e. The Bertz CT molecular complexity index is 853. The van der Waals surface area contributed by atoms with Gasteiger partial charge < -0.3 is 9.15 Å². The second kappa shape index (κ2) is 4.44. The van der Waals surface area contributed by atoms with Gasteiger partial charge in [0.2, 0.25) is 5.43 Å². The van der Waals surface area contributed by atoms with Gasteiger partial charge in [0.1, 0.15) is 16.4 Å². The highest BCUT2D eigenvalue weighted by Crippen LogP contribution is 2.33. The van der Waals surface area contributed by atoms with E-state index in [2.05, 4.69) is 0 Å². The van der Waals surface area contributed by atoms with Gasteiger partial charge in [-0.2, -0.15) is 0 Å². The molecule has 0 saturated carbocycles. The molecule has 0 spiro atoms. The lowest BCUT2D eigenvalue weighted by atomic mass is 10.1. The first-order valence-corrected chi connectivity index (χ1v) is 6.26. The summed E-state index contributed by atoms with van der Waals surface area (Å²) in [5.41, 5.74) is 0.568. The van der Waals surface area contributed by atoms with Gasteiger partial charge >= 0.3 is 0 Å². The molecule has 0 saturated heterocycles. The monoisotopic (exact) mass is 294 g/mol. The first-order chi connectivity index (χ1) is 9.11. The highest BCUT2D eigenvalue weighted by molar-refractivity contribution is 6.36. The maximum absolute atomic E-state index is 12.3. The van der Waals surface area contributed by atoms with Crippen molar-refractivity contribution >= 4 is 45.1 Å². The quantitative estimate of drug-likeness (QED) is 0.630. The first kappa shape index (κ1) is 12.3. The summed E-state index contributed by atoms with van der Waals surface area (Å²) < 4.78 is 10.8. The van der Waals surface area contributed by atoms with E-state index in [0.29, 0.717) is 32.7 Å². The Hall–Kier alpha value is -1.71. The predicted octanol–water partition coefficient (Wildman–Crippen LogP) is 4.26. The van der Waals surface area contributed by atoms with Crippen LogP contribution in [0.15, 0.2) is 39.5 Å². The Morgan fingerprint density at radius 1 is 1.11 bits per heavy atom. The van der Waals surface area contributed by atoms with Crippen molar-refractivity contribution in [1.82, 2.24) is 0 Å². The number of hydrogen-bond donors (Lipinski definition) is 0. The molecule has 3 aromatic rings. The lowest BCUT2D eigenvalue weighted by molar-refractivity contribution is 0.415. The van der Waals surface area contributed by atoms with Crippen LogP contribution in [-0.4, -0.2) is 7.11 Å². The van der Waals surface area contributed by atoms with E-state index in [4.69, 9.17) is 32.4 Å². The van der Waals surface area contributed by atoms with Crippen molar-refractivity contribution in [1.29, 1.82) is 0 Å². The molecule has 0 fully saturated rings. The van der Waals surface area contributed by atoms with Crippen LogP contribution in [0.25, 0.3) is 21.9 Å². The van der Waals surface area contributed by atoms with Crippen LogP contribution in [-0.2, 0) is 0 Å². The molecule has 0 amide bonds. The predicted molar refractivity (Wildman–Crippen MR) is 76.6 cm³/mol. The van der Waals surface area contributed by atoms with E-state index in [1.807, 2.05) is 0 Å². The Morgan fingerprint density at radius 3 is 2.58 bits per heavy atom. The summed E-state index contributed by atoms with van der Waals surface area (Å²) in [5, 5.41) is 1.66. The van der Waals surface area contributed by atoms with Gasteiger partial charge in [-0.25, -0.2) is 0 Å². The molecule has 1 aromatic heterocycles. The molecule has 2 aromatic carbocycles. The highest BCUT2D eigenvalue weighted by Gasteiger charge is 2.13. The molecule has 3 rings (SSSR count). The van der Waals surface area contributed by atoms with Gasteiger partial charge in [-0.1, -0.05) is 23.2 Å². The van der Waals surface area contributed by atoms with Gasteiger partial charge in [-0.3, -0.25) is 4.79 Å². The Kier molecular flexibility index (Phi) is 2.88. The zero-order valence-corrected chi connectivity index (χ0v) is 11.4. The van der Waals surface area contributed by atoms with Gasteiger partial charge in [0.15, 0.2) is 5.58 Å². The zero-order chi connectivity index (χ0) is 13.6. The fourth-order valence-electron chi connectivity index (χ4n) is 2.00. The molecule has 0 aliphatic heterocycles. The van der Waals surface area contributed by atoms with Crippen molar-refractivity contribution in [3.8, 4) is 5.75 Å². The Labute approximate surface area is 118 Å². The Morgan fingerprint density at radius 2 is 1.84 bits per heavy atom. The number of methoxy groups -OCH3 is 1. The molecular formula is C14H8Cl2O3. The summed E-state index contributed by atoms with van der Waals surface area (Å²) in [5.74, 6) is 0.457. The normalized spacial score (nSPS) is 11.1. The van der Waals surface area contributed by atoms with Crippen molar-refractivity contribution in [2.45, 2.75) is 0 Å². The molecule has 0 N–H and O–H groups in total. The molecule has 19 heavy (non-hydrogen) atoms. The maximum Gasteiger partial charge on any atom is 0.200 e. The van der Waals surface area contributed by atoms with E-state index in [1.165, 1.54) is 7.11 Å². The SMILES string of the molecule is COc1ccc2c(=O)c3ccc(Cl)cc3oc2c1Cl. The minimum atomic E-state index is -0.141. The second-order valence-electron chi connectivity index (χ2n) is 4.03. The summed E-state index contributed by atoms with van der Waals surface area (Å²) in [7, 11) is 1.50. The smallest absolute Gasteiger partial charge is 0.200 e. The minimum absolute atomic E-state index is 0.141. The van der Waals surface area contributed by atoms with Crippen LogP contribution in [0, 0.1) is 0 Å². The average molecular weight is 295 g/mol. The van der Waals surface area contributed by atoms with Crippen LogP contribution in [0.3, 0.4) is 0 Å². The number of hydrogen-bond acceptors (Lipinski definition) is 3. The van der Waals surface area contributed by atoms with Crippen LogP contribution in [0.1, 0.15) is 0 Å². The van der Waals surface area contributed by atoms with Crippen LogP contribution in [0.2, 0.25) is 10.0 Å². The van der Waals surface area contributed by atoms with Crippen molar-refractivity contribution in [2.24, 2.45) is 0 Å². The third kappa shape index (κ3) is 1.86. The molecule has 0 bridgehead atoms. The number of halogens is 2. The number of fused-ring (bicyclic) bond motifs is 2. The van der Waals surface area contributed by atoms with E-state index in [9.17, 15) is 4.79 Å². The highest BCUT2D eigenvalue weighted by atomic mass is 35.5. The summed E-state index contributed by atoms with van der Waals surface area (Å²) in [4.78, 5) is 12.3. The van der Waals surface area contributed by atoms with Crippen LogP contribution < -0.4 is 10.2 Å². The van der Waals surface area contributed by atoms with Crippen molar-refractivity contribution < 1.29 is 9.15 Å². The van der Waals surface area contributed by atoms with Crippen molar-refractivity contribution in [3.05, 3.63) is 50.6 Å². The van der Waals surface area contributed by atoms with E-state index < -0.39 is 0 Å². The van der Waals surface area contributed by atoms with E-state index in [-0.39, 0.29) is 10.5 Å². The molecule has 0 aliphatic rings. The number of benzene rings is 2. The second-order valence-corrected chi connectivity index (χ2v) is 4.84. The molecule has 3 nitrogen and oxygen atoms in total. The molecule has 96 valence electrons. The van der Waals surface area contributed by atoms with Crippen LogP contribution in [0.4, 0.5) is 0 Å². The standard InChI is InChI=1S/C14H8Cl2O3/c1-18-10-5-4-9-13(17)8-3-2-7(15)6-11(8)19-14(9)12(10)16/h2-6H,1H3. The third-order valence-electron chi connectivity index (χ3n) is 2.93. The molecular weight excluding hydrogens is 287 g/mol. The lowest BCUT2D eigenvalue weighted by Gasteiger charge is -2.06. The molecule has 0 aliphatic carbocycles. The van der Waals surface area contributed by atoms with Crippen molar-refractivity contribution in [3.63, 3.8) is 0 Å². The summed E-state index contributed by atoms with van der Waals surface area (Å²) in [6.07, 6.45) is 0. The van der Waals surface area contributed by atoms with Gasteiger partial charge in [0.25, 0.3) is 0 Å². The number of ether oxygens (including phenoxy) is 1. The number of rotatable bonds is 1. The fraction of sp³-hybridized carbons (Fsp3) is 0.0714. The van der Waals surface area contributed by atoms with Crippen molar-refractivity contribution in [2.75, 3.05) is 7.11 Å². The topological polar surface area (TPSA) is 39.4 Å². The average Bonchev–Trinajstić information content (AvgIpc) is 2.40. The molecule has 0 atom stereocenters. The van der Waals surface area contributed by atoms with E-state index in [1.54, 1.807) is 30.3 Å². The van der Waals surface area contributed by atoms with Gasteiger partial charge in [0, 0.05) is 11.1 Å². The molecule has 1 heterocycles. The summed E-state index contributed by atoms with van der Waals surface area (Å²) in [6.45, 7) is 0. The summed E-state index contributed by atoms with van der Waals surface area (Å²) >= 11 is 12.1. The van der Waals surface area contributed by atoms with Gasteiger partial charge in [-0.05, 0) is 24.3 Å². The third-order valence-corrected chi connectivity index (χ3v) is 3.52. The molecule has 0 radical (unpaired) electrons.